The molecule has 15 heavy (non-hydrogen) atoms. The Bertz CT molecular complexity index is 337. The molecule has 0 radical (unpaired) electrons. The number of rotatable bonds is 5. The molecule has 1 heterocycles. The maximum absolute atomic E-state index is 4.63. The van der Waals surface area contributed by atoms with Crippen molar-refractivity contribution in [2.45, 2.75) is 59.2 Å². The van der Waals surface area contributed by atoms with Crippen LogP contribution in [0.25, 0.3) is 0 Å². The standard InChI is InChI=1S/C12H21N3/c1-4-7-15-10(3)9(2)14-12(15)8-13-11-5-6-11/h11,13H,4-8H2,1-3H3. The van der Waals surface area contributed by atoms with Crippen LogP contribution in [0.3, 0.4) is 0 Å². The fourth-order valence-corrected chi connectivity index (χ4v) is 1.90. The van der Waals surface area contributed by atoms with E-state index in [1.807, 2.05) is 0 Å². The summed E-state index contributed by atoms with van der Waals surface area (Å²) >= 11 is 0. The molecule has 84 valence electrons. The zero-order valence-corrected chi connectivity index (χ0v) is 10.0. The van der Waals surface area contributed by atoms with Gasteiger partial charge in [0.25, 0.3) is 0 Å². The molecule has 0 bridgehead atoms. The van der Waals surface area contributed by atoms with E-state index in [2.05, 4.69) is 35.6 Å². The average molecular weight is 207 g/mol. The Morgan fingerprint density at radius 2 is 2.13 bits per heavy atom. The highest BCUT2D eigenvalue weighted by atomic mass is 15.1. The van der Waals surface area contributed by atoms with Crippen molar-refractivity contribution in [2.24, 2.45) is 0 Å². The van der Waals surface area contributed by atoms with Crippen LogP contribution in [0.4, 0.5) is 0 Å². The Morgan fingerprint density at radius 1 is 1.40 bits per heavy atom. The quantitative estimate of drug-likeness (QED) is 0.802. The third-order valence-electron chi connectivity index (χ3n) is 3.11. The van der Waals surface area contributed by atoms with Gasteiger partial charge in [-0.3, -0.25) is 0 Å². The Balaban J connectivity index is 2.08. The van der Waals surface area contributed by atoms with Crippen LogP contribution in [-0.4, -0.2) is 15.6 Å². The van der Waals surface area contributed by atoms with Crippen LogP contribution in [0, 0.1) is 13.8 Å². The Hall–Kier alpha value is -0.830. The molecule has 0 atom stereocenters. The predicted molar refractivity (Wildman–Crippen MR) is 61.9 cm³/mol. The number of aryl methyl sites for hydroxylation is 1. The molecule has 0 aliphatic heterocycles. The molecule has 0 unspecified atom stereocenters. The van der Waals surface area contributed by atoms with Crippen molar-refractivity contribution in [1.29, 1.82) is 0 Å². The number of nitrogens with one attached hydrogen (secondary N) is 1. The van der Waals surface area contributed by atoms with E-state index in [1.165, 1.54) is 36.5 Å². The number of hydrogen-bond acceptors (Lipinski definition) is 2. The lowest BCUT2D eigenvalue weighted by Gasteiger charge is -2.09. The summed E-state index contributed by atoms with van der Waals surface area (Å²) < 4.78 is 2.35. The van der Waals surface area contributed by atoms with E-state index < -0.39 is 0 Å². The Morgan fingerprint density at radius 3 is 2.73 bits per heavy atom. The SMILES string of the molecule is CCCn1c(CNC2CC2)nc(C)c1C. The minimum Gasteiger partial charge on any atom is -0.331 e. The third-order valence-corrected chi connectivity index (χ3v) is 3.11. The fraction of sp³-hybridized carbons (Fsp3) is 0.750. The lowest BCUT2D eigenvalue weighted by atomic mass is 10.3. The molecule has 1 saturated carbocycles. The van der Waals surface area contributed by atoms with Crippen LogP contribution in [0.15, 0.2) is 0 Å². The molecular formula is C12H21N3. The lowest BCUT2D eigenvalue weighted by molar-refractivity contribution is 0.578. The Labute approximate surface area is 91.9 Å². The first kappa shape index (κ1) is 10.7. The van der Waals surface area contributed by atoms with Crippen LogP contribution < -0.4 is 5.32 Å². The molecule has 3 heteroatoms. The zero-order valence-electron chi connectivity index (χ0n) is 10.0. The average Bonchev–Trinajstić information content (AvgIpc) is 2.99. The van der Waals surface area contributed by atoms with E-state index in [0.29, 0.717) is 0 Å². The predicted octanol–water partition coefficient (Wildman–Crippen LogP) is 2.16. The minimum absolute atomic E-state index is 0.761. The van der Waals surface area contributed by atoms with E-state index in [-0.39, 0.29) is 0 Å². The summed E-state index contributed by atoms with van der Waals surface area (Å²) in [6.07, 6.45) is 3.85. The molecule has 0 amide bonds. The van der Waals surface area contributed by atoms with Gasteiger partial charge in [0, 0.05) is 18.3 Å². The van der Waals surface area contributed by atoms with Crippen molar-refractivity contribution in [2.75, 3.05) is 0 Å². The molecule has 1 aromatic rings. The first-order valence-electron chi connectivity index (χ1n) is 5.98. The van der Waals surface area contributed by atoms with E-state index >= 15 is 0 Å². The monoisotopic (exact) mass is 207 g/mol. The van der Waals surface area contributed by atoms with Crippen LogP contribution in [0.2, 0.25) is 0 Å². The summed E-state index contributed by atoms with van der Waals surface area (Å²) in [5.41, 5.74) is 2.50. The second-order valence-corrected chi connectivity index (χ2v) is 4.51. The van der Waals surface area contributed by atoms with E-state index in [9.17, 15) is 0 Å². The summed E-state index contributed by atoms with van der Waals surface area (Å²) in [7, 11) is 0. The molecule has 3 nitrogen and oxygen atoms in total. The van der Waals surface area contributed by atoms with Crippen molar-refractivity contribution < 1.29 is 0 Å². The maximum atomic E-state index is 4.63. The number of aromatic nitrogens is 2. The highest BCUT2D eigenvalue weighted by Crippen LogP contribution is 2.19. The second-order valence-electron chi connectivity index (χ2n) is 4.51. The normalized spacial score (nSPS) is 15.9. The van der Waals surface area contributed by atoms with Gasteiger partial charge in [-0.1, -0.05) is 6.92 Å². The van der Waals surface area contributed by atoms with E-state index in [4.69, 9.17) is 0 Å². The Kier molecular flexibility index (Phi) is 3.10. The van der Waals surface area contributed by atoms with Gasteiger partial charge < -0.3 is 9.88 Å². The van der Waals surface area contributed by atoms with Gasteiger partial charge in [0.1, 0.15) is 5.82 Å². The van der Waals surface area contributed by atoms with Gasteiger partial charge in [-0.25, -0.2) is 4.98 Å². The first-order valence-corrected chi connectivity index (χ1v) is 5.98. The summed E-state index contributed by atoms with van der Waals surface area (Å²) in [6, 6.07) is 0.761. The molecule has 0 spiro atoms. The lowest BCUT2D eigenvalue weighted by Crippen LogP contribution is -2.19. The molecule has 1 aliphatic rings. The van der Waals surface area contributed by atoms with Crippen molar-refractivity contribution >= 4 is 0 Å². The summed E-state index contributed by atoms with van der Waals surface area (Å²) in [6.45, 7) is 8.50. The van der Waals surface area contributed by atoms with Gasteiger partial charge >= 0.3 is 0 Å². The van der Waals surface area contributed by atoms with Crippen molar-refractivity contribution in [3.8, 4) is 0 Å². The molecular weight excluding hydrogens is 186 g/mol. The fourth-order valence-electron chi connectivity index (χ4n) is 1.90. The van der Waals surface area contributed by atoms with Gasteiger partial charge in [-0.2, -0.15) is 0 Å². The van der Waals surface area contributed by atoms with Gasteiger partial charge in [0.2, 0.25) is 0 Å². The van der Waals surface area contributed by atoms with Crippen LogP contribution in [0.5, 0.6) is 0 Å². The van der Waals surface area contributed by atoms with Crippen molar-refractivity contribution in [3.05, 3.63) is 17.2 Å². The molecule has 2 rings (SSSR count). The minimum atomic E-state index is 0.761. The summed E-state index contributed by atoms with van der Waals surface area (Å²) in [5, 5.41) is 3.53. The van der Waals surface area contributed by atoms with Gasteiger partial charge in [-0.15, -0.1) is 0 Å². The molecule has 1 aliphatic carbocycles. The molecule has 0 aromatic carbocycles. The second kappa shape index (κ2) is 4.35. The smallest absolute Gasteiger partial charge is 0.123 e. The topological polar surface area (TPSA) is 29.9 Å². The largest absolute Gasteiger partial charge is 0.331 e. The van der Waals surface area contributed by atoms with Crippen LogP contribution >= 0.6 is 0 Å². The molecule has 1 fully saturated rings. The van der Waals surface area contributed by atoms with Gasteiger partial charge in [-0.05, 0) is 33.1 Å². The highest BCUT2D eigenvalue weighted by molar-refractivity contribution is 5.14. The maximum Gasteiger partial charge on any atom is 0.123 e. The van der Waals surface area contributed by atoms with Crippen molar-refractivity contribution in [3.63, 3.8) is 0 Å². The van der Waals surface area contributed by atoms with Crippen LogP contribution in [0.1, 0.15) is 43.4 Å². The summed E-state index contributed by atoms with van der Waals surface area (Å²) in [5.74, 6) is 1.21. The molecule has 1 aromatic heterocycles. The van der Waals surface area contributed by atoms with Gasteiger partial charge in [0.05, 0.1) is 12.2 Å². The zero-order chi connectivity index (χ0) is 10.8. The number of hydrogen-bond donors (Lipinski definition) is 1. The third kappa shape index (κ3) is 2.40. The van der Waals surface area contributed by atoms with Crippen LogP contribution in [-0.2, 0) is 13.1 Å². The number of nitrogens with zero attached hydrogens (tertiary/aromatic N) is 2. The van der Waals surface area contributed by atoms with E-state index in [1.54, 1.807) is 0 Å². The first-order chi connectivity index (χ1) is 7.22. The van der Waals surface area contributed by atoms with Gasteiger partial charge in [0.15, 0.2) is 0 Å². The summed E-state index contributed by atoms with van der Waals surface area (Å²) in [4.78, 5) is 4.63. The number of imidazole rings is 1. The molecule has 0 saturated heterocycles. The molecule has 1 N–H and O–H groups in total. The highest BCUT2D eigenvalue weighted by Gasteiger charge is 2.21. The van der Waals surface area contributed by atoms with E-state index in [0.717, 1.165) is 19.1 Å². The van der Waals surface area contributed by atoms with Crippen molar-refractivity contribution in [1.82, 2.24) is 14.9 Å².